The van der Waals surface area contributed by atoms with Gasteiger partial charge in [0, 0.05) is 29.5 Å². The predicted octanol–water partition coefficient (Wildman–Crippen LogP) is 2.91. The average Bonchev–Trinajstić information content (AvgIpc) is 3.16. The number of nitrogens with zero attached hydrogens (tertiary/aromatic N) is 5. The monoisotopic (exact) mass is 339 g/mol. The van der Waals surface area contributed by atoms with Crippen molar-refractivity contribution in [3.05, 3.63) is 58.3 Å². The summed E-state index contributed by atoms with van der Waals surface area (Å²) in [6.45, 7) is 3.95. The molecule has 3 aromatic rings. The van der Waals surface area contributed by atoms with Gasteiger partial charge in [-0.3, -0.25) is 15.2 Å². The van der Waals surface area contributed by atoms with Gasteiger partial charge in [0.1, 0.15) is 18.0 Å². The van der Waals surface area contributed by atoms with E-state index >= 15 is 0 Å². The summed E-state index contributed by atoms with van der Waals surface area (Å²) in [5, 5.41) is 20.7. The largest absolute Gasteiger partial charge is 0.360 e. The van der Waals surface area contributed by atoms with Gasteiger partial charge in [0.25, 0.3) is 5.69 Å². The molecule has 9 nitrogen and oxygen atoms in total. The Morgan fingerprint density at radius 2 is 2.04 bits per heavy atom. The molecular weight excluding hydrogens is 322 g/mol. The third-order valence-corrected chi connectivity index (χ3v) is 3.69. The summed E-state index contributed by atoms with van der Waals surface area (Å²) in [5.74, 6) is 1.87. The van der Waals surface area contributed by atoms with Crippen LogP contribution in [0.1, 0.15) is 31.4 Å². The summed E-state index contributed by atoms with van der Waals surface area (Å²) in [4.78, 5) is 23.5. The van der Waals surface area contributed by atoms with E-state index in [1.807, 2.05) is 19.9 Å². The van der Waals surface area contributed by atoms with E-state index in [9.17, 15) is 10.1 Å². The highest BCUT2D eigenvalue weighted by molar-refractivity contribution is 5.59. The van der Waals surface area contributed by atoms with Crippen molar-refractivity contribution in [2.75, 3.05) is 5.32 Å². The minimum atomic E-state index is -0.431. The Morgan fingerprint density at radius 1 is 1.28 bits per heavy atom. The Hall–Kier alpha value is -3.36. The van der Waals surface area contributed by atoms with Crippen LogP contribution in [0.4, 0.5) is 11.5 Å². The molecule has 2 N–H and O–H groups in total. The van der Waals surface area contributed by atoms with Crippen molar-refractivity contribution in [1.82, 2.24) is 25.1 Å². The second-order valence-corrected chi connectivity index (χ2v) is 5.46. The Morgan fingerprint density at radius 3 is 2.64 bits per heavy atom. The van der Waals surface area contributed by atoms with Crippen molar-refractivity contribution in [3.63, 3.8) is 0 Å². The summed E-state index contributed by atoms with van der Waals surface area (Å²) in [6.07, 6.45) is 2.20. The number of nitro benzene ring substituents is 1. The molecule has 1 aromatic carbocycles. The van der Waals surface area contributed by atoms with Crippen LogP contribution in [0, 0.1) is 10.1 Å². The van der Waals surface area contributed by atoms with Crippen molar-refractivity contribution in [3.8, 4) is 11.4 Å². The normalized spacial score (nSPS) is 11.9. The Labute approximate surface area is 143 Å². The number of hydrogen-bond acceptors (Lipinski definition) is 7. The third kappa shape index (κ3) is 3.77. The maximum absolute atomic E-state index is 10.8. The quantitative estimate of drug-likeness (QED) is 0.523. The van der Waals surface area contributed by atoms with Crippen LogP contribution < -0.4 is 5.32 Å². The van der Waals surface area contributed by atoms with Gasteiger partial charge < -0.3 is 5.32 Å². The van der Waals surface area contributed by atoms with Gasteiger partial charge in [-0.1, -0.05) is 6.92 Å². The van der Waals surface area contributed by atoms with E-state index in [0.717, 1.165) is 17.7 Å². The van der Waals surface area contributed by atoms with Crippen molar-refractivity contribution >= 4 is 11.5 Å². The van der Waals surface area contributed by atoms with E-state index in [1.54, 1.807) is 12.1 Å². The SMILES string of the molecule is CCc1cc(NC(C)c2ncn[nH]2)nc(-c2ccc([N+](=O)[O-])cc2)n1. The van der Waals surface area contributed by atoms with E-state index in [1.165, 1.54) is 18.5 Å². The number of aromatic nitrogens is 5. The van der Waals surface area contributed by atoms with Crippen LogP contribution >= 0.6 is 0 Å². The molecule has 9 heteroatoms. The average molecular weight is 339 g/mol. The molecule has 0 radical (unpaired) electrons. The lowest BCUT2D eigenvalue weighted by Crippen LogP contribution is -2.11. The lowest BCUT2D eigenvalue weighted by atomic mass is 10.2. The molecule has 0 amide bonds. The number of rotatable bonds is 6. The molecule has 0 bridgehead atoms. The summed E-state index contributed by atoms with van der Waals surface area (Å²) >= 11 is 0. The number of anilines is 1. The highest BCUT2D eigenvalue weighted by Gasteiger charge is 2.13. The van der Waals surface area contributed by atoms with Crippen LogP contribution in [0.2, 0.25) is 0 Å². The van der Waals surface area contributed by atoms with Gasteiger partial charge in [0.05, 0.1) is 11.0 Å². The van der Waals surface area contributed by atoms with E-state index in [4.69, 9.17) is 0 Å². The minimum Gasteiger partial charge on any atom is -0.360 e. The van der Waals surface area contributed by atoms with Crippen LogP contribution in [0.5, 0.6) is 0 Å². The van der Waals surface area contributed by atoms with Crippen molar-refractivity contribution in [1.29, 1.82) is 0 Å². The number of nitro groups is 1. The van der Waals surface area contributed by atoms with Crippen LogP contribution in [-0.4, -0.2) is 30.1 Å². The first kappa shape index (κ1) is 16.5. The molecule has 2 heterocycles. The predicted molar refractivity (Wildman–Crippen MR) is 91.9 cm³/mol. The molecular formula is C16H17N7O2. The van der Waals surface area contributed by atoms with Crippen molar-refractivity contribution in [2.45, 2.75) is 26.3 Å². The van der Waals surface area contributed by atoms with Gasteiger partial charge in [0.2, 0.25) is 0 Å². The third-order valence-electron chi connectivity index (χ3n) is 3.69. The second-order valence-electron chi connectivity index (χ2n) is 5.46. The molecule has 1 atom stereocenters. The smallest absolute Gasteiger partial charge is 0.269 e. The zero-order valence-corrected chi connectivity index (χ0v) is 13.8. The van der Waals surface area contributed by atoms with E-state index in [2.05, 4.69) is 30.5 Å². The maximum Gasteiger partial charge on any atom is 0.269 e. The number of non-ortho nitro benzene ring substituents is 1. The standard InChI is InChI=1S/C16H17N7O2/c1-3-12-8-14(19-10(2)15-17-9-18-22-15)21-16(20-12)11-4-6-13(7-5-11)23(24)25/h4-10H,3H2,1-2H3,(H,17,18,22)(H,19,20,21). The second kappa shape index (κ2) is 7.04. The number of aryl methyl sites for hydroxylation is 1. The van der Waals surface area contributed by atoms with Crippen LogP contribution in [0.25, 0.3) is 11.4 Å². The molecule has 1 unspecified atom stereocenters. The van der Waals surface area contributed by atoms with Gasteiger partial charge in [-0.15, -0.1) is 0 Å². The molecule has 2 aromatic heterocycles. The van der Waals surface area contributed by atoms with Crippen molar-refractivity contribution < 1.29 is 4.92 Å². The Kier molecular flexibility index (Phi) is 4.64. The minimum absolute atomic E-state index is 0.0349. The van der Waals surface area contributed by atoms with Crippen LogP contribution in [-0.2, 0) is 6.42 Å². The Bertz CT molecular complexity index is 863. The zero-order chi connectivity index (χ0) is 17.8. The fourth-order valence-electron chi connectivity index (χ4n) is 2.33. The summed E-state index contributed by atoms with van der Waals surface area (Å²) in [5.41, 5.74) is 1.62. The van der Waals surface area contributed by atoms with Gasteiger partial charge in [-0.25, -0.2) is 15.0 Å². The lowest BCUT2D eigenvalue weighted by molar-refractivity contribution is -0.384. The number of benzene rings is 1. The van der Waals surface area contributed by atoms with E-state index in [-0.39, 0.29) is 11.7 Å². The molecule has 0 saturated heterocycles. The van der Waals surface area contributed by atoms with E-state index in [0.29, 0.717) is 17.5 Å². The first-order valence-corrected chi connectivity index (χ1v) is 7.81. The molecule has 0 aliphatic carbocycles. The lowest BCUT2D eigenvalue weighted by Gasteiger charge is -2.13. The molecule has 128 valence electrons. The molecule has 0 fully saturated rings. The summed E-state index contributed by atoms with van der Waals surface area (Å²) in [7, 11) is 0. The maximum atomic E-state index is 10.8. The van der Waals surface area contributed by atoms with Gasteiger partial charge in [-0.2, -0.15) is 5.10 Å². The molecule has 25 heavy (non-hydrogen) atoms. The number of nitrogens with one attached hydrogen (secondary N) is 2. The fourth-order valence-corrected chi connectivity index (χ4v) is 2.33. The highest BCUT2D eigenvalue weighted by atomic mass is 16.6. The number of aromatic amines is 1. The van der Waals surface area contributed by atoms with Gasteiger partial charge in [-0.05, 0) is 25.5 Å². The summed E-state index contributed by atoms with van der Waals surface area (Å²) in [6, 6.07) is 7.96. The van der Waals surface area contributed by atoms with E-state index < -0.39 is 4.92 Å². The number of hydrogen-bond donors (Lipinski definition) is 2. The Balaban J connectivity index is 1.90. The highest BCUT2D eigenvalue weighted by Crippen LogP contribution is 2.23. The summed E-state index contributed by atoms with van der Waals surface area (Å²) < 4.78 is 0. The zero-order valence-electron chi connectivity index (χ0n) is 13.8. The molecule has 0 aliphatic rings. The van der Waals surface area contributed by atoms with Crippen LogP contribution in [0.15, 0.2) is 36.7 Å². The molecule has 0 saturated carbocycles. The first-order chi connectivity index (χ1) is 12.1. The molecule has 3 rings (SSSR count). The first-order valence-electron chi connectivity index (χ1n) is 7.81. The molecule has 0 spiro atoms. The van der Waals surface area contributed by atoms with Crippen molar-refractivity contribution in [2.24, 2.45) is 0 Å². The van der Waals surface area contributed by atoms with Gasteiger partial charge in [0.15, 0.2) is 5.82 Å². The van der Waals surface area contributed by atoms with Gasteiger partial charge >= 0.3 is 0 Å². The fraction of sp³-hybridized carbons (Fsp3) is 0.250. The number of H-pyrrole nitrogens is 1. The van der Waals surface area contributed by atoms with Crippen LogP contribution in [0.3, 0.4) is 0 Å². The topological polar surface area (TPSA) is 123 Å². The molecule has 0 aliphatic heterocycles.